The van der Waals surface area contributed by atoms with Crippen LogP contribution in [0.25, 0.3) is 0 Å². The Balaban J connectivity index is 0.00000259. The number of imide groups is 2. The number of nitrogens with zero attached hydrogens (tertiary/aromatic N) is 3. The summed E-state index contributed by atoms with van der Waals surface area (Å²) in [6.07, 6.45) is 1.94. The molecule has 1 aromatic carbocycles. The normalized spacial score (nSPS) is 24.6. The lowest BCUT2D eigenvalue weighted by Crippen LogP contribution is -2.54. The maximum atomic E-state index is 15.0. The fourth-order valence-electron chi connectivity index (χ4n) is 5.24. The molecule has 0 aliphatic carbocycles. The van der Waals surface area contributed by atoms with Gasteiger partial charge in [0, 0.05) is 51.7 Å². The molecule has 3 saturated heterocycles. The Morgan fingerprint density at radius 3 is 2.15 bits per heavy atom. The lowest BCUT2D eigenvalue weighted by atomic mass is 10.0. The quantitative estimate of drug-likeness (QED) is 0.609. The Morgan fingerprint density at radius 1 is 0.879 bits per heavy atom. The van der Waals surface area contributed by atoms with Crippen molar-refractivity contribution in [2.45, 2.75) is 37.8 Å². The van der Waals surface area contributed by atoms with Gasteiger partial charge in [0.05, 0.1) is 16.8 Å². The van der Waals surface area contributed by atoms with E-state index < -0.39 is 35.5 Å². The third-order valence-electron chi connectivity index (χ3n) is 6.98. The zero-order chi connectivity index (χ0) is 22.4. The molecule has 4 heterocycles. The van der Waals surface area contributed by atoms with Crippen molar-refractivity contribution in [2.24, 2.45) is 0 Å². The van der Waals surface area contributed by atoms with E-state index in [0.29, 0.717) is 24.8 Å². The molecule has 1 atom stereocenters. The molecule has 1 aromatic rings. The Bertz CT molecular complexity index is 991. The molecule has 2 N–H and O–H groups in total. The van der Waals surface area contributed by atoms with Crippen molar-refractivity contribution >= 4 is 41.7 Å². The predicted molar refractivity (Wildman–Crippen MR) is 120 cm³/mol. The molecule has 0 saturated carbocycles. The van der Waals surface area contributed by atoms with E-state index in [1.54, 1.807) is 0 Å². The van der Waals surface area contributed by atoms with E-state index in [1.807, 2.05) is 4.90 Å². The topological polar surface area (TPSA) is 102 Å². The van der Waals surface area contributed by atoms with Crippen molar-refractivity contribution in [3.05, 3.63) is 29.1 Å². The average Bonchev–Trinajstić information content (AvgIpc) is 3.03. The number of fused-ring (bicyclic) bond motifs is 1. The molecule has 5 rings (SSSR count). The number of carbonyl (C=O) groups excluding carboxylic acids is 4. The second-order valence-corrected chi connectivity index (χ2v) is 8.80. The summed E-state index contributed by atoms with van der Waals surface area (Å²) in [5.41, 5.74) is 0.394. The minimum absolute atomic E-state index is 0. The van der Waals surface area contributed by atoms with Crippen molar-refractivity contribution in [3.8, 4) is 0 Å². The van der Waals surface area contributed by atoms with Gasteiger partial charge in [-0.2, -0.15) is 0 Å². The van der Waals surface area contributed by atoms with E-state index >= 15 is 4.39 Å². The zero-order valence-corrected chi connectivity index (χ0v) is 19.0. The Hall–Kier alpha value is -2.56. The number of anilines is 1. The van der Waals surface area contributed by atoms with Gasteiger partial charge in [-0.1, -0.05) is 0 Å². The van der Waals surface area contributed by atoms with Crippen molar-refractivity contribution < 1.29 is 23.6 Å². The van der Waals surface area contributed by atoms with E-state index in [1.165, 1.54) is 6.07 Å². The first kappa shape index (κ1) is 23.6. The number of halogens is 2. The van der Waals surface area contributed by atoms with Crippen molar-refractivity contribution in [3.63, 3.8) is 0 Å². The van der Waals surface area contributed by atoms with Gasteiger partial charge in [-0.3, -0.25) is 34.3 Å². The van der Waals surface area contributed by atoms with Crippen molar-refractivity contribution in [1.29, 1.82) is 0 Å². The van der Waals surface area contributed by atoms with Gasteiger partial charge in [0.2, 0.25) is 11.8 Å². The standard InChI is InChI=1S/C22H26FN5O4.ClH/c23-16-11-14-15(22(32)28(21(14)31)17-1-2-19(29)25-20(17)30)12-18(16)27-7-3-13(4-8-27)26-9-5-24-6-10-26;/h11-13,17,24H,1-10H2,(H,25,29,30);1H. The van der Waals surface area contributed by atoms with Crippen LogP contribution in [0.15, 0.2) is 12.1 Å². The molecule has 1 unspecified atom stereocenters. The van der Waals surface area contributed by atoms with Crippen molar-refractivity contribution in [1.82, 2.24) is 20.4 Å². The largest absolute Gasteiger partial charge is 0.369 e. The molecule has 11 heteroatoms. The molecular weight excluding hydrogens is 453 g/mol. The first-order chi connectivity index (χ1) is 15.4. The van der Waals surface area contributed by atoms with Gasteiger partial charge >= 0.3 is 0 Å². The first-order valence-corrected chi connectivity index (χ1v) is 11.2. The molecule has 0 radical (unpaired) electrons. The van der Waals surface area contributed by atoms with Crippen LogP contribution in [0, 0.1) is 5.82 Å². The molecule has 0 bridgehead atoms. The number of benzene rings is 1. The highest BCUT2D eigenvalue weighted by atomic mass is 35.5. The van der Waals surface area contributed by atoms with Gasteiger partial charge in [-0.15, -0.1) is 12.4 Å². The molecule has 9 nitrogen and oxygen atoms in total. The van der Waals surface area contributed by atoms with Crippen LogP contribution in [0.2, 0.25) is 0 Å². The summed E-state index contributed by atoms with van der Waals surface area (Å²) in [6, 6.07) is 1.97. The molecule has 3 fully saturated rings. The van der Waals surface area contributed by atoms with E-state index in [-0.39, 0.29) is 36.4 Å². The summed E-state index contributed by atoms with van der Waals surface area (Å²) >= 11 is 0. The average molecular weight is 480 g/mol. The maximum Gasteiger partial charge on any atom is 0.262 e. The number of carbonyl (C=O) groups is 4. The molecular formula is C22H27ClFN5O4. The van der Waals surface area contributed by atoms with Gasteiger partial charge in [-0.25, -0.2) is 4.39 Å². The number of piperazine rings is 1. The molecule has 4 aliphatic heterocycles. The highest BCUT2D eigenvalue weighted by Gasteiger charge is 2.45. The first-order valence-electron chi connectivity index (χ1n) is 11.2. The lowest BCUT2D eigenvalue weighted by molar-refractivity contribution is -0.136. The van der Waals surface area contributed by atoms with Gasteiger partial charge in [0.25, 0.3) is 11.8 Å². The number of amides is 4. The fraction of sp³-hybridized carbons (Fsp3) is 0.545. The smallest absolute Gasteiger partial charge is 0.262 e. The Kier molecular flexibility index (Phi) is 6.69. The maximum absolute atomic E-state index is 15.0. The molecule has 0 spiro atoms. The van der Waals surface area contributed by atoms with E-state index in [0.717, 1.165) is 50.0 Å². The van der Waals surface area contributed by atoms with Crippen LogP contribution in [0.3, 0.4) is 0 Å². The van der Waals surface area contributed by atoms with Gasteiger partial charge in [0.15, 0.2) is 0 Å². The molecule has 33 heavy (non-hydrogen) atoms. The Morgan fingerprint density at radius 2 is 1.52 bits per heavy atom. The molecule has 178 valence electrons. The van der Waals surface area contributed by atoms with Gasteiger partial charge in [0.1, 0.15) is 11.9 Å². The summed E-state index contributed by atoms with van der Waals surface area (Å²) in [5, 5.41) is 5.52. The van der Waals surface area contributed by atoms with Crippen LogP contribution in [0.5, 0.6) is 0 Å². The third kappa shape index (κ3) is 4.22. The lowest BCUT2D eigenvalue weighted by Gasteiger charge is -2.41. The summed E-state index contributed by atoms with van der Waals surface area (Å²) in [4.78, 5) is 54.8. The second kappa shape index (κ2) is 9.36. The monoisotopic (exact) mass is 479 g/mol. The SMILES string of the molecule is Cl.O=C1CCC(N2C(=O)c3cc(F)c(N4CCC(N5CCNCC5)CC4)cc3C2=O)C(=O)N1. The minimum atomic E-state index is -1.05. The van der Waals surface area contributed by atoms with Crippen LogP contribution in [0.1, 0.15) is 46.4 Å². The number of nitrogens with one attached hydrogen (secondary N) is 2. The zero-order valence-electron chi connectivity index (χ0n) is 18.1. The van der Waals surface area contributed by atoms with Crippen LogP contribution >= 0.6 is 12.4 Å². The molecule has 0 aromatic heterocycles. The Labute approximate surface area is 197 Å². The van der Waals surface area contributed by atoms with Crippen LogP contribution in [-0.4, -0.2) is 84.8 Å². The summed E-state index contributed by atoms with van der Waals surface area (Å²) in [6.45, 7) is 5.35. The summed E-state index contributed by atoms with van der Waals surface area (Å²) in [7, 11) is 0. The highest BCUT2D eigenvalue weighted by molar-refractivity contribution is 6.23. The van der Waals surface area contributed by atoms with E-state index in [4.69, 9.17) is 0 Å². The summed E-state index contributed by atoms with van der Waals surface area (Å²) < 4.78 is 15.0. The second-order valence-electron chi connectivity index (χ2n) is 8.80. The third-order valence-corrected chi connectivity index (χ3v) is 6.98. The molecule has 4 aliphatic rings. The van der Waals surface area contributed by atoms with E-state index in [2.05, 4.69) is 15.5 Å². The van der Waals surface area contributed by atoms with Crippen LogP contribution < -0.4 is 15.5 Å². The fourth-order valence-corrected chi connectivity index (χ4v) is 5.24. The predicted octanol–water partition coefficient (Wildman–Crippen LogP) is 0.523. The summed E-state index contributed by atoms with van der Waals surface area (Å²) in [5.74, 6) is -2.96. The van der Waals surface area contributed by atoms with Crippen LogP contribution in [-0.2, 0) is 9.59 Å². The highest BCUT2D eigenvalue weighted by Crippen LogP contribution is 2.34. The van der Waals surface area contributed by atoms with Crippen molar-refractivity contribution in [2.75, 3.05) is 44.2 Å². The van der Waals surface area contributed by atoms with Gasteiger partial charge < -0.3 is 10.2 Å². The van der Waals surface area contributed by atoms with Gasteiger partial charge in [-0.05, 0) is 31.4 Å². The number of hydrogen-bond donors (Lipinski definition) is 2. The van der Waals surface area contributed by atoms with E-state index in [9.17, 15) is 19.2 Å². The van der Waals surface area contributed by atoms with Crippen LogP contribution in [0.4, 0.5) is 10.1 Å². The number of hydrogen-bond acceptors (Lipinski definition) is 7. The number of piperidine rings is 2. The molecule has 4 amide bonds. The minimum Gasteiger partial charge on any atom is -0.369 e. The number of rotatable bonds is 3.